The Balaban J connectivity index is 2.48. The number of benzene rings is 2. The Morgan fingerprint density at radius 2 is 1.41 bits per heavy atom. The van der Waals surface area contributed by atoms with Gasteiger partial charge in [-0.05, 0) is 81.4 Å². The highest BCUT2D eigenvalue weighted by Gasteiger charge is 2.42. The van der Waals surface area contributed by atoms with E-state index in [1.807, 2.05) is 30.3 Å². The number of nitrogens with one attached hydrogen (secondary N) is 1. The number of hydrogen-bond acceptors (Lipinski definition) is 4. The summed E-state index contributed by atoms with van der Waals surface area (Å²) in [6, 6.07) is 13.4. The molecule has 0 unspecified atom stereocenters. The number of carbonyl (C=O) groups excluding carboxylic acids is 1. The van der Waals surface area contributed by atoms with Crippen LogP contribution < -0.4 is 5.32 Å². The maximum atomic E-state index is 13.1. The fraction of sp³-hybridized carbons (Fsp3) is 0.548. The quantitative estimate of drug-likeness (QED) is 0.258. The van der Waals surface area contributed by atoms with Gasteiger partial charge >= 0.3 is 18.2 Å². The van der Waals surface area contributed by atoms with Crippen molar-refractivity contribution in [3.63, 3.8) is 0 Å². The van der Waals surface area contributed by atoms with E-state index in [2.05, 4.69) is 39.2 Å². The largest absolute Gasteiger partial charge is 0.481 e. The van der Waals surface area contributed by atoms with Crippen molar-refractivity contribution in [1.29, 1.82) is 0 Å². The minimum Gasteiger partial charge on any atom is -0.481 e. The van der Waals surface area contributed by atoms with Crippen LogP contribution in [0.5, 0.6) is 0 Å². The lowest BCUT2D eigenvalue weighted by Crippen LogP contribution is -2.54. The summed E-state index contributed by atoms with van der Waals surface area (Å²) < 4.78 is 51.5. The van der Waals surface area contributed by atoms with Gasteiger partial charge in [0.05, 0.1) is 23.6 Å². The summed E-state index contributed by atoms with van der Waals surface area (Å²) in [5.41, 5.74) is -0.150. The molecule has 0 spiro atoms. The molecular formula is C31H44F3NO5Si. The number of halogens is 3. The van der Waals surface area contributed by atoms with Crippen molar-refractivity contribution < 1.29 is 37.0 Å². The van der Waals surface area contributed by atoms with Crippen LogP contribution in [0.3, 0.4) is 0 Å². The van der Waals surface area contributed by atoms with E-state index in [0.717, 1.165) is 17.7 Å². The first-order chi connectivity index (χ1) is 18.7. The van der Waals surface area contributed by atoms with Gasteiger partial charge in [0, 0.05) is 0 Å². The predicted octanol–water partition coefficient (Wildman–Crippen LogP) is 7.87. The average Bonchev–Trinajstić information content (AvgIpc) is 2.81. The summed E-state index contributed by atoms with van der Waals surface area (Å²) in [5.74, 6) is -2.07. The number of amides is 1. The smallest absolute Gasteiger partial charge is 0.416 e. The molecule has 0 aliphatic rings. The van der Waals surface area contributed by atoms with Crippen LogP contribution in [0.1, 0.15) is 64.7 Å². The molecule has 1 amide bonds. The van der Waals surface area contributed by atoms with Crippen LogP contribution in [0.15, 0.2) is 54.6 Å². The normalized spacial score (nSPS) is 15.1. The Hall–Kier alpha value is -2.85. The first-order valence-corrected chi connectivity index (χ1v) is 16.7. The molecule has 0 aliphatic carbocycles. The Labute approximate surface area is 242 Å². The molecule has 0 fully saturated rings. The van der Waals surface area contributed by atoms with Gasteiger partial charge in [0.1, 0.15) is 5.60 Å². The lowest BCUT2D eigenvalue weighted by atomic mass is 9.89. The van der Waals surface area contributed by atoms with Gasteiger partial charge in [-0.2, -0.15) is 13.2 Å². The second-order valence-corrected chi connectivity index (χ2v) is 17.8. The molecule has 2 aromatic rings. The number of carbonyl (C=O) groups is 2. The Morgan fingerprint density at radius 1 is 0.878 bits per heavy atom. The Morgan fingerprint density at radius 3 is 1.88 bits per heavy atom. The second-order valence-electron chi connectivity index (χ2n) is 13.0. The van der Waals surface area contributed by atoms with Crippen LogP contribution in [-0.4, -0.2) is 43.2 Å². The molecule has 0 radical (unpaired) electrons. The van der Waals surface area contributed by atoms with Crippen molar-refractivity contribution in [2.75, 3.05) is 0 Å². The van der Waals surface area contributed by atoms with Gasteiger partial charge in [0.2, 0.25) is 0 Å². The zero-order chi connectivity index (χ0) is 31.2. The Kier molecular flexibility index (Phi) is 11.2. The predicted molar refractivity (Wildman–Crippen MR) is 156 cm³/mol. The number of alkyl carbamates (subject to hydrolysis) is 1. The molecule has 2 N–H and O–H groups in total. The molecule has 41 heavy (non-hydrogen) atoms. The van der Waals surface area contributed by atoms with Crippen LogP contribution in [0, 0.1) is 5.92 Å². The molecule has 6 nitrogen and oxygen atoms in total. The van der Waals surface area contributed by atoms with Crippen LogP contribution in [0.2, 0.25) is 18.1 Å². The third-order valence-corrected chi connectivity index (χ3v) is 11.8. The molecule has 0 heterocycles. The van der Waals surface area contributed by atoms with E-state index in [0.29, 0.717) is 12.0 Å². The Bertz CT molecular complexity index is 1140. The van der Waals surface area contributed by atoms with Gasteiger partial charge in [0.15, 0.2) is 8.32 Å². The van der Waals surface area contributed by atoms with Crippen molar-refractivity contribution in [1.82, 2.24) is 5.32 Å². The van der Waals surface area contributed by atoms with E-state index in [-0.39, 0.29) is 17.9 Å². The lowest BCUT2D eigenvalue weighted by molar-refractivity contribution is -0.143. The van der Waals surface area contributed by atoms with Gasteiger partial charge in [0.25, 0.3) is 0 Å². The van der Waals surface area contributed by atoms with E-state index in [1.165, 1.54) is 12.1 Å². The topological polar surface area (TPSA) is 84.9 Å². The summed E-state index contributed by atoms with van der Waals surface area (Å²) in [4.78, 5) is 25.4. The SMILES string of the molecule is CC(C)(C)OC(=O)N[C@@H](Cc1ccccc1)[C@H](C[C@@H](Cc1ccc(C(F)(F)F)cc1)C(=O)O)O[Si](C)(C)C(C)(C)C. The molecule has 228 valence electrons. The van der Waals surface area contributed by atoms with Crippen LogP contribution in [0.25, 0.3) is 0 Å². The number of aliphatic carboxylic acids is 1. The molecule has 0 saturated heterocycles. The zero-order valence-corrected chi connectivity index (χ0v) is 26.3. The van der Waals surface area contributed by atoms with Crippen molar-refractivity contribution in [2.45, 2.75) is 103 Å². The first-order valence-electron chi connectivity index (χ1n) is 13.8. The molecule has 0 bridgehead atoms. The highest BCUT2D eigenvalue weighted by atomic mass is 28.4. The fourth-order valence-corrected chi connectivity index (χ4v) is 5.49. The number of ether oxygens (including phenoxy) is 1. The van der Waals surface area contributed by atoms with Crippen LogP contribution in [0.4, 0.5) is 18.0 Å². The van der Waals surface area contributed by atoms with Gasteiger partial charge < -0.3 is 19.6 Å². The fourth-order valence-electron chi connectivity index (χ4n) is 4.12. The number of carboxylic acid groups (broad SMARTS) is 1. The summed E-state index contributed by atoms with van der Waals surface area (Å²) in [5, 5.41) is 12.9. The van der Waals surface area contributed by atoms with Crippen LogP contribution in [-0.2, 0) is 33.0 Å². The highest BCUT2D eigenvalue weighted by molar-refractivity contribution is 6.74. The van der Waals surface area contributed by atoms with Crippen molar-refractivity contribution >= 4 is 20.4 Å². The van der Waals surface area contributed by atoms with Crippen molar-refractivity contribution in [3.05, 3.63) is 71.3 Å². The molecule has 2 rings (SSSR count). The number of rotatable bonds is 11. The number of hydrogen-bond donors (Lipinski definition) is 2. The molecule has 10 heteroatoms. The standard InChI is InChI=1S/C31H44F3NO5Si/c1-29(2,3)39-28(38)35-25(19-21-12-10-9-11-13-21)26(40-41(7,8)30(4,5)6)20-23(27(36)37)18-22-14-16-24(17-15-22)31(32,33)34/h9-17,23,25-26H,18-20H2,1-8H3,(H,35,38)(H,36,37)/t23-,25+,26+/m1/s1. The minimum absolute atomic E-state index is 0.00925. The van der Waals surface area contributed by atoms with Gasteiger partial charge in [-0.1, -0.05) is 63.2 Å². The molecule has 3 atom stereocenters. The summed E-state index contributed by atoms with van der Waals surface area (Å²) >= 11 is 0. The minimum atomic E-state index is -4.48. The monoisotopic (exact) mass is 595 g/mol. The third-order valence-electron chi connectivity index (χ3n) is 7.33. The third kappa shape index (κ3) is 11.2. The van der Waals surface area contributed by atoms with Gasteiger partial charge in [-0.15, -0.1) is 0 Å². The zero-order valence-electron chi connectivity index (χ0n) is 25.3. The van der Waals surface area contributed by atoms with E-state index >= 15 is 0 Å². The van der Waals surface area contributed by atoms with E-state index in [9.17, 15) is 27.9 Å². The maximum absolute atomic E-state index is 13.1. The summed E-state index contributed by atoms with van der Waals surface area (Å²) in [7, 11) is -2.48. The molecule has 0 aromatic heterocycles. The van der Waals surface area contributed by atoms with E-state index in [1.54, 1.807) is 20.8 Å². The van der Waals surface area contributed by atoms with E-state index in [4.69, 9.17) is 9.16 Å². The number of carboxylic acids is 1. The summed E-state index contributed by atoms with van der Waals surface area (Å²) in [6.45, 7) is 15.6. The van der Waals surface area contributed by atoms with Gasteiger partial charge in [-0.3, -0.25) is 4.79 Å². The maximum Gasteiger partial charge on any atom is 0.416 e. The van der Waals surface area contributed by atoms with Crippen LogP contribution >= 0.6 is 0 Å². The lowest BCUT2D eigenvalue weighted by Gasteiger charge is -2.42. The first kappa shape index (κ1) is 34.3. The molecular weight excluding hydrogens is 551 g/mol. The number of alkyl halides is 3. The highest BCUT2D eigenvalue weighted by Crippen LogP contribution is 2.39. The second kappa shape index (κ2) is 13.4. The average molecular weight is 596 g/mol. The molecule has 0 aliphatic heterocycles. The summed E-state index contributed by atoms with van der Waals surface area (Å²) in [6.07, 6.45) is -5.42. The van der Waals surface area contributed by atoms with E-state index < -0.39 is 55.8 Å². The molecule has 2 aromatic carbocycles. The molecule has 0 saturated carbocycles. The van der Waals surface area contributed by atoms with Crippen molar-refractivity contribution in [3.8, 4) is 0 Å². The van der Waals surface area contributed by atoms with Crippen molar-refractivity contribution in [2.24, 2.45) is 5.92 Å². The van der Waals surface area contributed by atoms with Gasteiger partial charge in [-0.25, -0.2) is 4.79 Å².